The monoisotopic (exact) mass is 349 g/mol. The van der Waals surface area contributed by atoms with Crippen molar-refractivity contribution in [3.63, 3.8) is 0 Å². The Labute approximate surface area is 153 Å². The summed E-state index contributed by atoms with van der Waals surface area (Å²) in [7, 11) is 1.76. The van der Waals surface area contributed by atoms with E-state index in [-0.39, 0.29) is 11.9 Å². The normalized spacial score (nSPS) is 20.2. The van der Waals surface area contributed by atoms with Crippen molar-refractivity contribution in [1.29, 1.82) is 0 Å². The zero-order chi connectivity index (χ0) is 17.9. The van der Waals surface area contributed by atoms with Gasteiger partial charge in [0, 0.05) is 36.8 Å². The van der Waals surface area contributed by atoms with Gasteiger partial charge in [-0.1, -0.05) is 24.3 Å². The van der Waals surface area contributed by atoms with Gasteiger partial charge in [-0.15, -0.1) is 0 Å². The minimum Gasteiger partial charge on any atom is -0.381 e. The van der Waals surface area contributed by atoms with Crippen LogP contribution in [-0.4, -0.2) is 34.7 Å². The first kappa shape index (κ1) is 16.8. The molecule has 4 rings (SSSR count). The zero-order valence-corrected chi connectivity index (χ0v) is 14.9. The van der Waals surface area contributed by atoms with E-state index in [1.54, 1.807) is 19.6 Å². The van der Waals surface area contributed by atoms with Crippen LogP contribution in [0.15, 0.2) is 55.1 Å². The van der Waals surface area contributed by atoms with Crippen LogP contribution in [0.4, 0.5) is 0 Å². The van der Waals surface area contributed by atoms with Crippen molar-refractivity contribution in [1.82, 2.24) is 14.9 Å². The summed E-state index contributed by atoms with van der Waals surface area (Å²) in [4.78, 5) is 17.1. The highest BCUT2D eigenvalue weighted by Crippen LogP contribution is 2.25. The van der Waals surface area contributed by atoms with Gasteiger partial charge < -0.3 is 14.6 Å². The van der Waals surface area contributed by atoms with Crippen LogP contribution in [0.5, 0.6) is 0 Å². The number of nitrogens with one attached hydrogen (secondary N) is 1. The summed E-state index contributed by atoms with van der Waals surface area (Å²) >= 11 is 0. The summed E-state index contributed by atoms with van der Waals surface area (Å²) < 4.78 is 7.35. The van der Waals surface area contributed by atoms with Crippen LogP contribution in [-0.2, 0) is 4.74 Å². The summed E-state index contributed by atoms with van der Waals surface area (Å²) in [6.07, 6.45) is 9.62. The third-order valence-electron chi connectivity index (χ3n) is 5.24. The fraction of sp³-hybridized carbons (Fsp3) is 0.333. The third kappa shape index (κ3) is 3.35. The van der Waals surface area contributed by atoms with E-state index in [9.17, 15) is 4.79 Å². The Morgan fingerprint density at radius 2 is 2.00 bits per heavy atom. The topological polar surface area (TPSA) is 56.1 Å². The van der Waals surface area contributed by atoms with E-state index in [0.717, 1.165) is 42.1 Å². The van der Waals surface area contributed by atoms with Crippen molar-refractivity contribution in [2.75, 3.05) is 7.11 Å². The Morgan fingerprint density at radius 3 is 2.73 bits per heavy atom. The second kappa shape index (κ2) is 7.30. The number of amides is 1. The van der Waals surface area contributed by atoms with Crippen molar-refractivity contribution in [3.8, 4) is 5.69 Å². The molecule has 134 valence electrons. The molecular weight excluding hydrogens is 326 g/mol. The maximum Gasteiger partial charge on any atom is 0.252 e. The molecule has 2 aromatic carbocycles. The van der Waals surface area contributed by atoms with Gasteiger partial charge in [0.15, 0.2) is 0 Å². The number of nitrogens with zero attached hydrogens (tertiary/aromatic N) is 2. The molecule has 0 aliphatic heterocycles. The molecule has 1 saturated carbocycles. The smallest absolute Gasteiger partial charge is 0.252 e. The van der Waals surface area contributed by atoms with E-state index in [2.05, 4.69) is 16.4 Å². The second-order valence-electron chi connectivity index (χ2n) is 6.87. The van der Waals surface area contributed by atoms with E-state index in [1.807, 2.05) is 41.1 Å². The van der Waals surface area contributed by atoms with E-state index < -0.39 is 0 Å². The number of benzene rings is 2. The van der Waals surface area contributed by atoms with E-state index in [0.29, 0.717) is 11.7 Å². The van der Waals surface area contributed by atoms with Gasteiger partial charge in [-0.3, -0.25) is 4.79 Å². The summed E-state index contributed by atoms with van der Waals surface area (Å²) in [6, 6.07) is 12.2. The number of methoxy groups -OCH3 is 1. The molecule has 1 fully saturated rings. The number of hydrogen-bond acceptors (Lipinski definition) is 3. The first-order valence-corrected chi connectivity index (χ1v) is 9.09. The Kier molecular flexibility index (Phi) is 4.71. The molecule has 5 nitrogen and oxygen atoms in total. The Hall–Kier alpha value is -2.66. The first-order chi connectivity index (χ1) is 12.7. The van der Waals surface area contributed by atoms with Crippen LogP contribution in [0.25, 0.3) is 16.5 Å². The largest absolute Gasteiger partial charge is 0.381 e. The van der Waals surface area contributed by atoms with E-state index in [4.69, 9.17) is 4.74 Å². The maximum absolute atomic E-state index is 13.0. The van der Waals surface area contributed by atoms with Crippen LogP contribution in [0.1, 0.15) is 36.0 Å². The van der Waals surface area contributed by atoms with E-state index >= 15 is 0 Å². The van der Waals surface area contributed by atoms with Crippen molar-refractivity contribution in [2.45, 2.75) is 37.8 Å². The number of imidazole rings is 1. The number of carbonyl (C=O) groups is 1. The van der Waals surface area contributed by atoms with Crippen LogP contribution >= 0.6 is 0 Å². The number of carbonyl (C=O) groups excluding carboxylic acids is 1. The summed E-state index contributed by atoms with van der Waals surface area (Å²) in [5.74, 6) is -0.0102. The summed E-state index contributed by atoms with van der Waals surface area (Å²) in [6.45, 7) is 0. The predicted molar refractivity (Wildman–Crippen MR) is 102 cm³/mol. The Balaban J connectivity index is 1.63. The SMILES string of the molecule is CO[C@H]1CC[C@H](NC(=O)c2cc(-n3ccnc3)cc3ccccc23)CC1. The van der Waals surface area contributed by atoms with Crippen molar-refractivity contribution >= 4 is 16.7 Å². The molecule has 1 amide bonds. The lowest BCUT2D eigenvalue weighted by atomic mass is 9.92. The molecule has 0 unspecified atom stereocenters. The second-order valence-corrected chi connectivity index (χ2v) is 6.87. The number of fused-ring (bicyclic) bond motifs is 1. The van der Waals surface area contributed by atoms with Gasteiger partial charge in [0.05, 0.1) is 12.4 Å². The highest BCUT2D eigenvalue weighted by molar-refractivity contribution is 6.08. The van der Waals surface area contributed by atoms with E-state index in [1.165, 1.54) is 0 Å². The van der Waals surface area contributed by atoms with Gasteiger partial charge in [-0.25, -0.2) is 4.98 Å². The molecule has 1 N–H and O–H groups in total. The fourth-order valence-corrected chi connectivity index (χ4v) is 3.75. The van der Waals surface area contributed by atoms with Crippen molar-refractivity contribution in [2.24, 2.45) is 0 Å². The minimum absolute atomic E-state index is 0.0102. The third-order valence-corrected chi connectivity index (χ3v) is 5.24. The zero-order valence-electron chi connectivity index (χ0n) is 14.9. The van der Waals surface area contributed by atoms with Crippen LogP contribution in [0.2, 0.25) is 0 Å². The van der Waals surface area contributed by atoms with Gasteiger partial charge in [0.2, 0.25) is 0 Å². The summed E-state index contributed by atoms with van der Waals surface area (Å²) in [5, 5.41) is 5.24. The quantitative estimate of drug-likeness (QED) is 0.781. The van der Waals surface area contributed by atoms with Gasteiger partial charge >= 0.3 is 0 Å². The molecular formula is C21H23N3O2. The lowest BCUT2D eigenvalue weighted by Crippen LogP contribution is -2.39. The van der Waals surface area contributed by atoms with Gasteiger partial charge in [0.1, 0.15) is 0 Å². The molecule has 0 spiro atoms. The minimum atomic E-state index is -0.0102. The molecule has 0 atom stereocenters. The molecule has 3 aromatic rings. The number of rotatable bonds is 4. The highest BCUT2D eigenvalue weighted by Gasteiger charge is 2.23. The average Bonchev–Trinajstić information content (AvgIpc) is 3.22. The molecule has 0 radical (unpaired) electrons. The number of ether oxygens (including phenoxy) is 1. The first-order valence-electron chi connectivity index (χ1n) is 9.09. The maximum atomic E-state index is 13.0. The van der Waals surface area contributed by atoms with Gasteiger partial charge in [0.25, 0.3) is 5.91 Å². The molecule has 1 aromatic heterocycles. The van der Waals surface area contributed by atoms with Crippen molar-refractivity contribution < 1.29 is 9.53 Å². The lowest BCUT2D eigenvalue weighted by Gasteiger charge is -2.28. The number of aromatic nitrogens is 2. The molecule has 26 heavy (non-hydrogen) atoms. The van der Waals surface area contributed by atoms with Crippen LogP contribution in [0, 0.1) is 0 Å². The predicted octanol–water partition coefficient (Wildman–Crippen LogP) is 3.71. The Morgan fingerprint density at radius 1 is 1.19 bits per heavy atom. The van der Waals surface area contributed by atoms with Crippen LogP contribution in [0.3, 0.4) is 0 Å². The Bertz CT molecular complexity index is 897. The molecule has 1 aliphatic rings. The number of hydrogen-bond donors (Lipinski definition) is 1. The molecule has 5 heteroatoms. The molecule has 1 heterocycles. The standard InChI is InChI=1S/C21H23N3O2/c1-26-18-8-6-16(7-9-18)23-21(25)20-13-17(24-11-10-22-14-24)12-15-4-2-3-5-19(15)20/h2-5,10-14,16,18H,6-9H2,1H3,(H,23,25)/t16-,18-. The van der Waals surface area contributed by atoms with Gasteiger partial charge in [-0.2, -0.15) is 0 Å². The average molecular weight is 349 g/mol. The van der Waals surface area contributed by atoms with Crippen LogP contribution < -0.4 is 5.32 Å². The fourth-order valence-electron chi connectivity index (χ4n) is 3.75. The lowest BCUT2D eigenvalue weighted by molar-refractivity contribution is 0.0599. The molecule has 0 bridgehead atoms. The van der Waals surface area contributed by atoms with Crippen molar-refractivity contribution in [3.05, 3.63) is 60.7 Å². The molecule has 1 aliphatic carbocycles. The summed E-state index contributed by atoms with van der Waals surface area (Å²) in [5.41, 5.74) is 1.65. The molecule has 0 saturated heterocycles. The van der Waals surface area contributed by atoms with Gasteiger partial charge in [-0.05, 0) is 48.6 Å². The highest BCUT2D eigenvalue weighted by atomic mass is 16.5.